The van der Waals surface area contributed by atoms with Gasteiger partial charge in [-0.1, -0.05) is 19.8 Å². The first-order valence-corrected chi connectivity index (χ1v) is 6.28. The topological polar surface area (TPSA) is 67.9 Å². The van der Waals surface area contributed by atoms with Gasteiger partial charge in [-0.05, 0) is 12.8 Å². The molecular weight excluding hydrogens is 218 g/mol. The summed E-state index contributed by atoms with van der Waals surface area (Å²) in [6.07, 6.45) is 4.87. The van der Waals surface area contributed by atoms with E-state index in [9.17, 15) is 4.79 Å². The van der Waals surface area contributed by atoms with Crippen LogP contribution in [-0.2, 0) is 9.53 Å². The average molecular weight is 241 g/mol. The lowest BCUT2D eigenvalue weighted by Gasteiger charge is -2.21. The summed E-state index contributed by atoms with van der Waals surface area (Å²) < 4.78 is 4.65. The summed E-state index contributed by atoms with van der Waals surface area (Å²) in [5.41, 5.74) is 5.93. The van der Waals surface area contributed by atoms with Gasteiger partial charge in [0.15, 0.2) is 5.96 Å². The quantitative estimate of drug-likeness (QED) is 0.454. The Morgan fingerprint density at radius 3 is 2.47 bits per heavy atom. The molecule has 1 fully saturated rings. The van der Waals surface area contributed by atoms with Crippen LogP contribution < -0.4 is 5.73 Å². The van der Waals surface area contributed by atoms with Crippen molar-refractivity contribution in [1.82, 2.24) is 4.90 Å². The normalized spacial score (nSPS) is 19.6. The highest BCUT2D eigenvalue weighted by atomic mass is 16.5. The summed E-state index contributed by atoms with van der Waals surface area (Å²) in [5, 5.41) is 0. The SMILES string of the molecule is COC(=O)C(C)CN=C(N)N1CCCCCC1. The molecule has 1 aliphatic heterocycles. The first-order valence-electron chi connectivity index (χ1n) is 6.28. The summed E-state index contributed by atoms with van der Waals surface area (Å²) in [6.45, 7) is 4.14. The number of hydrogen-bond acceptors (Lipinski definition) is 3. The molecule has 0 saturated carbocycles. The van der Waals surface area contributed by atoms with Crippen LogP contribution in [0.3, 0.4) is 0 Å². The molecule has 1 unspecified atom stereocenters. The van der Waals surface area contributed by atoms with Gasteiger partial charge in [-0.25, -0.2) is 0 Å². The first-order chi connectivity index (χ1) is 8.15. The van der Waals surface area contributed by atoms with E-state index in [-0.39, 0.29) is 11.9 Å². The summed E-state index contributed by atoms with van der Waals surface area (Å²) in [6, 6.07) is 0. The van der Waals surface area contributed by atoms with Gasteiger partial charge in [0.25, 0.3) is 0 Å². The van der Waals surface area contributed by atoms with E-state index in [4.69, 9.17) is 5.73 Å². The second-order valence-corrected chi connectivity index (χ2v) is 4.52. The Morgan fingerprint density at radius 1 is 1.35 bits per heavy atom. The van der Waals surface area contributed by atoms with Gasteiger partial charge in [0.2, 0.25) is 0 Å². The number of ether oxygens (including phenoxy) is 1. The van der Waals surface area contributed by atoms with Crippen LogP contribution in [0.15, 0.2) is 4.99 Å². The van der Waals surface area contributed by atoms with Crippen molar-refractivity contribution in [2.75, 3.05) is 26.7 Å². The Kier molecular flexibility index (Phi) is 5.80. The fraction of sp³-hybridized carbons (Fsp3) is 0.833. The zero-order valence-electron chi connectivity index (χ0n) is 10.8. The van der Waals surface area contributed by atoms with Crippen LogP contribution in [0.4, 0.5) is 0 Å². The van der Waals surface area contributed by atoms with Crippen LogP contribution in [0.1, 0.15) is 32.6 Å². The lowest BCUT2D eigenvalue weighted by atomic mass is 10.2. The van der Waals surface area contributed by atoms with Crippen molar-refractivity contribution in [2.45, 2.75) is 32.6 Å². The van der Waals surface area contributed by atoms with E-state index in [1.165, 1.54) is 32.8 Å². The molecule has 0 spiro atoms. The van der Waals surface area contributed by atoms with Crippen molar-refractivity contribution >= 4 is 11.9 Å². The van der Waals surface area contributed by atoms with E-state index in [1.54, 1.807) is 6.92 Å². The predicted octanol–water partition coefficient (Wildman–Crippen LogP) is 0.986. The molecule has 98 valence electrons. The van der Waals surface area contributed by atoms with Crippen LogP contribution in [0.5, 0.6) is 0 Å². The van der Waals surface area contributed by atoms with Crippen molar-refractivity contribution in [3.05, 3.63) is 0 Å². The Bertz CT molecular complexity index is 271. The van der Waals surface area contributed by atoms with Crippen LogP contribution >= 0.6 is 0 Å². The molecule has 0 amide bonds. The second-order valence-electron chi connectivity index (χ2n) is 4.52. The fourth-order valence-electron chi connectivity index (χ4n) is 1.91. The molecule has 0 bridgehead atoms. The largest absolute Gasteiger partial charge is 0.469 e. The standard InChI is InChI=1S/C12H23N3O2/c1-10(11(16)17-2)9-14-12(13)15-7-5-3-4-6-8-15/h10H,3-9H2,1-2H3,(H2,13,14). The molecule has 0 aromatic carbocycles. The average Bonchev–Trinajstić information content (AvgIpc) is 2.63. The maximum Gasteiger partial charge on any atom is 0.310 e. The van der Waals surface area contributed by atoms with Crippen molar-refractivity contribution in [3.63, 3.8) is 0 Å². The van der Waals surface area contributed by atoms with Gasteiger partial charge in [-0.15, -0.1) is 0 Å². The van der Waals surface area contributed by atoms with E-state index < -0.39 is 0 Å². The molecule has 1 aliphatic rings. The van der Waals surface area contributed by atoms with Gasteiger partial charge in [-0.3, -0.25) is 9.79 Å². The number of methoxy groups -OCH3 is 1. The third kappa shape index (κ3) is 4.63. The maximum atomic E-state index is 11.2. The number of nitrogens with two attached hydrogens (primary N) is 1. The minimum absolute atomic E-state index is 0.231. The van der Waals surface area contributed by atoms with Crippen LogP contribution in [0, 0.1) is 5.92 Å². The highest BCUT2D eigenvalue weighted by Gasteiger charge is 2.14. The molecule has 5 heteroatoms. The molecule has 1 atom stereocenters. The Morgan fingerprint density at radius 2 is 1.94 bits per heavy atom. The van der Waals surface area contributed by atoms with E-state index in [0.717, 1.165) is 13.1 Å². The van der Waals surface area contributed by atoms with Crippen molar-refractivity contribution in [1.29, 1.82) is 0 Å². The number of aliphatic imine (C=N–C) groups is 1. The maximum absolute atomic E-state index is 11.2. The van der Waals surface area contributed by atoms with Crippen LogP contribution in [-0.4, -0.2) is 43.6 Å². The molecule has 1 saturated heterocycles. The van der Waals surface area contributed by atoms with E-state index in [1.807, 2.05) is 0 Å². The molecule has 0 aromatic rings. The fourth-order valence-corrected chi connectivity index (χ4v) is 1.91. The highest BCUT2D eigenvalue weighted by Crippen LogP contribution is 2.09. The molecule has 0 aromatic heterocycles. The molecule has 5 nitrogen and oxygen atoms in total. The second kappa shape index (κ2) is 7.14. The Hall–Kier alpha value is -1.26. The smallest absolute Gasteiger partial charge is 0.310 e. The third-order valence-electron chi connectivity index (χ3n) is 3.06. The minimum Gasteiger partial charge on any atom is -0.469 e. The van der Waals surface area contributed by atoms with Gasteiger partial charge in [0.05, 0.1) is 19.6 Å². The molecule has 2 N–H and O–H groups in total. The molecule has 17 heavy (non-hydrogen) atoms. The van der Waals surface area contributed by atoms with Crippen LogP contribution in [0.2, 0.25) is 0 Å². The molecule has 0 aliphatic carbocycles. The van der Waals surface area contributed by atoms with E-state index >= 15 is 0 Å². The highest BCUT2D eigenvalue weighted by molar-refractivity contribution is 5.79. The zero-order valence-corrected chi connectivity index (χ0v) is 10.8. The number of rotatable bonds is 3. The van der Waals surface area contributed by atoms with Gasteiger partial charge in [-0.2, -0.15) is 0 Å². The minimum atomic E-state index is -0.239. The number of carbonyl (C=O) groups excluding carboxylic acids is 1. The molecule has 1 rings (SSSR count). The van der Waals surface area contributed by atoms with Crippen molar-refractivity contribution < 1.29 is 9.53 Å². The summed E-state index contributed by atoms with van der Waals surface area (Å²) >= 11 is 0. The summed E-state index contributed by atoms with van der Waals surface area (Å²) in [5.74, 6) is 0.0885. The van der Waals surface area contributed by atoms with Crippen molar-refractivity contribution in [3.8, 4) is 0 Å². The van der Waals surface area contributed by atoms with Crippen molar-refractivity contribution in [2.24, 2.45) is 16.6 Å². The van der Waals surface area contributed by atoms with Gasteiger partial charge >= 0.3 is 5.97 Å². The number of hydrogen-bond donors (Lipinski definition) is 1. The van der Waals surface area contributed by atoms with E-state index in [0.29, 0.717) is 12.5 Å². The number of esters is 1. The number of carbonyl (C=O) groups is 1. The van der Waals surface area contributed by atoms with Gasteiger partial charge < -0.3 is 15.4 Å². The first kappa shape index (κ1) is 13.8. The number of nitrogens with zero attached hydrogens (tertiary/aromatic N) is 2. The van der Waals surface area contributed by atoms with Gasteiger partial charge in [0.1, 0.15) is 0 Å². The summed E-state index contributed by atoms with van der Waals surface area (Å²) in [4.78, 5) is 17.6. The van der Waals surface area contributed by atoms with Gasteiger partial charge in [0, 0.05) is 13.1 Å². The Balaban J connectivity index is 2.44. The Labute approximate surface area is 103 Å². The molecule has 0 radical (unpaired) electrons. The van der Waals surface area contributed by atoms with Crippen LogP contribution in [0.25, 0.3) is 0 Å². The monoisotopic (exact) mass is 241 g/mol. The number of guanidine groups is 1. The third-order valence-corrected chi connectivity index (χ3v) is 3.06. The number of likely N-dealkylation sites (tertiary alicyclic amines) is 1. The zero-order chi connectivity index (χ0) is 12.7. The van der Waals surface area contributed by atoms with E-state index in [2.05, 4.69) is 14.6 Å². The predicted molar refractivity (Wildman–Crippen MR) is 67.7 cm³/mol. The molecular formula is C12H23N3O2. The lowest BCUT2D eigenvalue weighted by Crippen LogP contribution is -2.38. The lowest BCUT2D eigenvalue weighted by molar-refractivity contribution is -0.144. The molecule has 1 heterocycles. The summed E-state index contributed by atoms with van der Waals surface area (Å²) in [7, 11) is 1.39.